The summed E-state index contributed by atoms with van der Waals surface area (Å²) in [4.78, 5) is 10.9. The number of ether oxygens (including phenoxy) is 1. The Kier molecular flexibility index (Phi) is 6.16. The first-order chi connectivity index (χ1) is 11.8. The van der Waals surface area contributed by atoms with Crippen molar-refractivity contribution in [2.24, 2.45) is 0 Å². The molecule has 0 atom stereocenters. The number of hydrogen-bond acceptors (Lipinski definition) is 4. The van der Waals surface area contributed by atoms with E-state index in [1.165, 1.54) is 30.3 Å². The van der Waals surface area contributed by atoms with Gasteiger partial charge in [-0.25, -0.2) is 8.42 Å². The molecule has 0 amide bonds. The molecule has 2 aromatic carbocycles. The maximum absolute atomic E-state index is 12.9. The van der Waals surface area contributed by atoms with Crippen LogP contribution in [0, 0.1) is 0 Å². The molecule has 0 aromatic heterocycles. The Morgan fingerprint density at radius 1 is 1.16 bits per heavy atom. The van der Waals surface area contributed by atoms with Crippen LogP contribution in [-0.2, 0) is 14.8 Å². The quantitative estimate of drug-likeness (QED) is 0.761. The van der Waals surface area contributed by atoms with Gasteiger partial charge in [-0.05, 0) is 49.4 Å². The average Bonchev–Trinajstić information content (AvgIpc) is 2.55. The highest BCUT2D eigenvalue weighted by Gasteiger charge is 2.29. The lowest BCUT2D eigenvalue weighted by atomic mass is 10.3. The second-order valence-corrected chi connectivity index (χ2v) is 7.58. The largest absolute Gasteiger partial charge is 0.494 e. The minimum atomic E-state index is -4.23. The highest BCUT2D eigenvalue weighted by Crippen LogP contribution is 2.31. The molecule has 0 aliphatic carbocycles. The summed E-state index contributed by atoms with van der Waals surface area (Å²) in [5, 5.41) is 9.25. The highest BCUT2D eigenvalue weighted by molar-refractivity contribution is 7.93. The average molecular weight is 404 g/mol. The SMILES string of the molecule is CCOc1ccc(N(CC(=O)O)S(=O)(=O)c2cc(Cl)ccc2Cl)cc1. The monoisotopic (exact) mass is 403 g/mol. The van der Waals surface area contributed by atoms with Crippen LogP contribution in [0.4, 0.5) is 5.69 Å². The first-order valence-electron chi connectivity index (χ1n) is 7.18. The van der Waals surface area contributed by atoms with Gasteiger partial charge in [0.15, 0.2) is 0 Å². The molecule has 9 heteroatoms. The maximum atomic E-state index is 12.9. The highest BCUT2D eigenvalue weighted by atomic mass is 35.5. The van der Waals surface area contributed by atoms with Gasteiger partial charge in [-0.15, -0.1) is 0 Å². The molecule has 0 saturated heterocycles. The zero-order valence-corrected chi connectivity index (χ0v) is 15.5. The van der Waals surface area contributed by atoms with Crippen LogP contribution >= 0.6 is 23.2 Å². The fourth-order valence-electron chi connectivity index (χ4n) is 2.11. The molecule has 0 aliphatic heterocycles. The summed E-state index contributed by atoms with van der Waals surface area (Å²) in [6.45, 7) is 1.50. The topological polar surface area (TPSA) is 83.9 Å². The van der Waals surface area contributed by atoms with Gasteiger partial charge in [-0.3, -0.25) is 9.10 Å². The van der Waals surface area contributed by atoms with Gasteiger partial charge in [0, 0.05) is 5.02 Å². The predicted octanol–water partition coefficient (Wildman–Crippen LogP) is 3.67. The summed E-state index contributed by atoms with van der Waals surface area (Å²) in [6.07, 6.45) is 0. The molecule has 2 rings (SSSR count). The van der Waals surface area contributed by atoms with Crippen molar-refractivity contribution < 1.29 is 23.1 Å². The molecular formula is C16H15Cl2NO5S. The summed E-state index contributed by atoms with van der Waals surface area (Å²) in [6, 6.07) is 10.0. The van der Waals surface area contributed by atoms with Crippen molar-refractivity contribution in [2.75, 3.05) is 17.5 Å². The Labute approximate surface area is 155 Å². The lowest BCUT2D eigenvalue weighted by Crippen LogP contribution is -2.35. The molecule has 0 aliphatic rings. The third kappa shape index (κ3) is 4.56. The maximum Gasteiger partial charge on any atom is 0.324 e. The molecule has 134 valence electrons. The molecule has 0 heterocycles. The van der Waals surface area contributed by atoms with E-state index < -0.39 is 22.5 Å². The Morgan fingerprint density at radius 3 is 2.36 bits per heavy atom. The summed E-state index contributed by atoms with van der Waals surface area (Å²) in [5.41, 5.74) is 0.168. The van der Waals surface area contributed by atoms with Crippen LogP contribution in [0.15, 0.2) is 47.4 Å². The van der Waals surface area contributed by atoms with Crippen LogP contribution in [0.25, 0.3) is 0 Å². The lowest BCUT2D eigenvalue weighted by Gasteiger charge is -2.23. The Hall–Kier alpha value is -1.96. The molecule has 0 unspecified atom stereocenters. The van der Waals surface area contributed by atoms with E-state index in [-0.39, 0.29) is 20.6 Å². The van der Waals surface area contributed by atoms with Crippen LogP contribution in [0.2, 0.25) is 10.0 Å². The van der Waals surface area contributed by atoms with Gasteiger partial charge in [0.2, 0.25) is 0 Å². The molecule has 0 fully saturated rings. The van der Waals surface area contributed by atoms with Gasteiger partial charge in [0.05, 0.1) is 17.3 Å². The number of aliphatic carboxylic acids is 1. The number of nitrogens with zero attached hydrogens (tertiary/aromatic N) is 1. The smallest absolute Gasteiger partial charge is 0.324 e. The lowest BCUT2D eigenvalue weighted by molar-refractivity contribution is -0.135. The normalized spacial score (nSPS) is 11.2. The zero-order valence-electron chi connectivity index (χ0n) is 13.1. The number of hydrogen-bond donors (Lipinski definition) is 1. The van der Waals surface area contributed by atoms with Crippen LogP contribution in [0.3, 0.4) is 0 Å². The third-order valence-electron chi connectivity index (χ3n) is 3.18. The number of rotatable bonds is 7. The Balaban J connectivity index is 2.52. The zero-order chi connectivity index (χ0) is 18.6. The Morgan fingerprint density at radius 2 is 1.80 bits per heavy atom. The summed E-state index contributed by atoms with van der Waals surface area (Å²) in [7, 11) is -4.23. The van der Waals surface area contributed by atoms with E-state index in [1.807, 2.05) is 6.92 Å². The molecule has 0 radical (unpaired) electrons. The number of carboxylic acid groups (broad SMARTS) is 1. The molecule has 25 heavy (non-hydrogen) atoms. The standard InChI is InChI=1S/C16H15Cl2NO5S/c1-2-24-13-6-4-12(5-7-13)19(10-16(20)21)25(22,23)15-9-11(17)3-8-14(15)18/h3-9H,2,10H2,1H3,(H,20,21). The van der Waals surface area contributed by atoms with Crippen molar-refractivity contribution in [3.63, 3.8) is 0 Å². The summed E-state index contributed by atoms with van der Waals surface area (Å²) < 4.78 is 31.9. The first-order valence-corrected chi connectivity index (χ1v) is 9.37. The van der Waals surface area contributed by atoms with Crippen LogP contribution in [-0.4, -0.2) is 32.6 Å². The van der Waals surface area contributed by atoms with Gasteiger partial charge in [0.1, 0.15) is 17.2 Å². The van der Waals surface area contributed by atoms with Gasteiger partial charge in [-0.1, -0.05) is 23.2 Å². The van der Waals surface area contributed by atoms with Crippen LogP contribution in [0.1, 0.15) is 6.92 Å². The molecular weight excluding hydrogens is 389 g/mol. The van der Waals surface area contributed by atoms with Crippen LogP contribution < -0.4 is 9.04 Å². The number of anilines is 1. The van der Waals surface area contributed by atoms with E-state index >= 15 is 0 Å². The van der Waals surface area contributed by atoms with Gasteiger partial charge < -0.3 is 9.84 Å². The molecule has 1 N–H and O–H groups in total. The molecule has 0 saturated carbocycles. The van der Waals surface area contributed by atoms with E-state index in [4.69, 9.17) is 33.0 Å². The van der Waals surface area contributed by atoms with Crippen molar-refractivity contribution in [1.82, 2.24) is 0 Å². The van der Waals surface area contributed by atoms with Crippen LogP contribution in [0.5, 0.6) is 5.75 Å². The van der Waals surface area contributed by atoms with Gasteiger partial charge in [0.25, 0.3) is 10.0 Å². The minimum Gasteiger partial charge on any atom is -0.494 e. The van der Waals surface area contributed by atoms with Crippen molar-refractivity contribution in [1.29, 1.82) is 0 Å². The van der Waals surface area contributed by atoms with Crippen molar-refractivity contribution in [3.05, 3.63) is 52.5 Å². The van der Waals surface area contributed by atoms with E-state index in [1.54, 1.807) is 12.1 Å². The molecule has 6 nitrogen and oxygen atoms in total. The second kappa shape index (κ2) is 7.95. The Bertz CT molecular complexity index is 869. The van der Waals surface area contributed by atoms with E-state index in [0.717, 1.165) is 4.31 Å². The third-order valence-corrected chi connectivity index (χ3v) is 5.67. The fourth-order valence-corrected chi connectivity index (χ4v) is 4.26. The summed E-state index contributed by atoms with van der Waals surface area (Å²) >= 11 is 11.8. The van der Waals surface area contributed by atoms with Gasteiger partial charge >= 0.3 is 5.97 Å². The molecule has 0 bridgehead atoms. The predicted molar refractivity (Wildman–Crippen MR) is 96.2 cm³/mol. The molecule has 0 spiro atoms. The van der Waals surface area contributed by atoms with E-state index in [0.29, 0.717) is 12.4 Å². The number of carboxylic acids is 1. The summed E-state index contributed by atoms with van der Waals surface area (Å²) in [5.74, 6) is -0.768. The fraction of sp³-hybridized carbons (Fsp3) is 0.188. The van der Waals surface area contributed by atoms with Crippen molar-refractivity contribution in [3.8, 4) is 5.75 Å². The van der Waals surface area contributed by atoms with Crippen molar-refractivity contribution in [2.45, 2.75) is 11.8 Å². The number of carbonyl (C=O) groups is 1. The minimum absolute atomic E-state index is 0.0503. The van der Waals surface area contributed by atoms with E-state index in [2.05, 4.69) is 0 Å². The number of benzene rings is 2. The van der Waals surface area contributed by atoms with E-state index in [9.17, 15) is 13.2 Å². The first kappa shape index (κ1) is 19.4. The number of halogens is 2. The van der Waals surface area contributed by atoms with Crippen molar-refractivity contribution >= 4 is 44.9 Å². The van der Waals surface area contributed by atoms with Gasteiger partial charge in [-0.2, -0.15) is 0 Å². The molecule has 2 aromatic rings. The second-order valence-electron chi connectivity index (χ2n) is 4.91. The number of sulfonamides is 1.